The van der Waals surface area contributed by atoms with E-state index in [1.54, 1.807) is 0 Å². The van der Waals surface area contributed by atoms with Crippen molar-refractivity contribution in [3.63, 3.8) is 0 Å². The number of furan rings is 1. The summed E-state index contributed by atoms with van der Waals surface area (Å²) in [4.78, 5) is 0. The average molecular weight is 576 g/mol. The molecule has 0 bridgehead atoms. The molecule has 0 radical (unpaired) electrons. The van der Waals surface area contributed by atoms with Crippen LogP contribution in [-0.2, 0) is 5.41 Å². The molecule has 2 nitrogen and oxygen atoms in total. The first-order valence-electron chi connectivity index (χ1n) is 15.4. The van der Waals surface area contributed by atoms with Gasteiger partial charge in [-0.25, -0.2) is 0 Å². The summed E-state index contributed by atoms with van der Waals surface area (Å²) in [5.41, 5.74) is 13.3. The normalized spacial score (nSPS) is 13.1. The fourth-order valence-electron chi connectivity index (χ4n) is 7.40. The van der Waals surface area contributed by atoms with Crippen LogP contribution in [-0.4, -0.2) is 0 Å². The predicted octanol–water partition coefficient (Wildman–Crippen LogP) is 11.4. The van der Waals surface area contributed by atoms with Crippen LogP contribution in [0.2, 0.25) is 0 Å². The monoisotopic (exact) mass is 575 g/mol. The molecule has 212 valence electrons. The lowest BCUT2D eigenvalue weighted by Crippen LogP contribution is -2.28. The second kappa shape index (κ2) is 10.1. The second-order valence-electron chi connectivity index (χ2n) is 11.8. The maximum atomic E-state index is 6.50. The molecule has 9 rings (SSSR count). The predicted molar refractivity (Wildman–Crippen MR) is 186 cm³/mol. The van der Waals surface area contributed by atoms with E-state index in [1.165, 1.54) is 44.5 Å². The third-order valence-electron chi connectivity index (χ3n) is 9.34. The van der Waals surface area contributed by atoms with Crippen molar-refractivity contribution in [1.82, 2.24) is 0 Å². The van der Waals surface area contributed by atoms with Crippen LogP contribution in [0.1, 0.15) is 22.3 Å². The zero-order chi connectivity index (χ0) is 29.8. The molecule has 7 aromatic carbocycles. The minimum atomic E-state index is -0.439. The molecule has 0 unspecified atom stereocenters. The summed E-state index contributed by atoms with van der Waals surface area (Å²) in [6, 6.07) is 60.8. The molecular formula is C43H29NO. The van der Waals surface area contributed by atoms with Crippen LogP contribution in [0.4, 0.5) is 11.4 Å². The Morgan fingerprint density at radius 3 is 1.84 bits per heavy atom. The van der Waals surface area contributed by atoms with Gasteiger partial charge in [0.2, 0.25) is 0 Å². The number of rotatable bonds is 5. The van der Waals surface area contributed by atoms with Gasteiger partial charge in [-0.3, -0.25) is 0 Å². The van der Waals surface area contributed by atoms with Crippen molar-refractivity contribution in [2.75, 3.05) is 5.32 Å². The number of hydrogen-bond donors (Lipinski definition) is 1. The van der Waals surface area contributed by atoms with E-state index in [9.17, 15) is 0 Å². The van der Waals surface area contributed by atoms with Gasteiger partial charge >= 0.3 is 0 Å². The molecule has 0 saturated carbocycles. The molecule has 1 aliphatic rings. The number of fused-ring (bicyclic) bond motifs is 6. The Bertz CT molecular complexity index is 2300. The summed E-state index contributed by atoms with van der Waals surface area (Å²) >= 11 is 0. The number of benzene rings is 7. The largest absolute Gasteiger partial charge is 0.454 e. The summed E-state index contributed by atoms with van der Waals surface area (Å²) in [5.74, 6) is 0. The Labute approximate surface area is 262 Å². The molecule has 8 aromatic rings. The summed E-state index contributed by atoms with van der Waals surface area (Å²) in [6.07, 6.45) is 0. The van der Waals surface area contributed by atoms with Crippen molar-refractivity contribution in [3.8, 4) is 22.3 Å². The summed E-state index contributed by atoms with van der Waals surface area (Å²) in [7, 11) is 0. The van der Waals surface area contributed by atoms with E-state index in [4.69, 9.17) is 4.42 Å². The Hall–Kier alpha value is -5.86. The molecule has 0 spiro atoms. The van der Waals surface area contributed by atoms with Crippen molar-refractivity contribution in [3.05, 3.63) is 192 Å². The van der Waals surface area contributed by atoms with Gasteiger partial charge in [0.1, 0.15) is 5.58 Å². The zero-order valence-electron chi connectivity index (χ0n) is 24.6. The fourth-order valence-corrected chi connectivity index (χ4v) is 7.40. The smallest absolute Gasteiger partial charge is 0.158 e. The topological polar surface area (TPSA) is 25.2 Å². The van der Waals surface area contributed by atoms with E-state index >= 15 is 0 Å². The van der Waals surface area contributed by atoms with Gasteiger partial charge in [-0.2, -0.15) is 0 Å². The summed E-state index contributed by atoms with van der Waals surface area (Å²) in [6.45, 7) is 0. The zero-order valence-corrected chi connectivity index (χ0v) is 24.6. The van der Waals surface area contributed by atoms with E-state index < -0.39 is 5.41 Å². The van der Waals surface area contributed by atoms with Gasteiger partial charge in [0, 0.05) is 16.5 Å². The Morgan fingerprint density at radius 1 is 0.444 bits per heavy atom. The third-order valence-corrected chi connectivity index (χ3v) is 9.34. The molecule has 0 aliphatic heterocycles. The van der Waals surface area contributed by atoms with Crippen LogP contribution in [0.5, 0.6) is 0 Å². The second-order valence-corrected chi connectivity index (χ2v) is 11.8. The Balaban J connectivity index is 1.19. The van der Waals surface area contributed by atoms with Crippen molar-refractivity contribution < 1.29 is 4.42 Å². The van der Waals surface area contributed by atoms with E-state index in [0.717, 1.165) is 33.3 Å². The van der Waals surface area contributed by atoms with Gasteiger partial charge in [-0.1, -0.05) is 140 Å². The number of hydrogen-bond acceptors (Lipinski definition) is 2. The molecule has 0 fully saturated rings. The van der Waals surface area contributed by atoms with Crippen molar-refractivity contribution in [1.29, 1.82) is 0 Å². The molecule has 1 heterocycles. The van der Waals surface area contributed by atoms with Gasteiger partial charge in [-0.05, 0) is 74.8 Å². The molecule has 45 heavy (non-hydrogen) atoms. The molecule has 1 N–H and O–H groups in total. The Kier molecular flexibility index (Phi) is 5.76. The lowest BCUT2D eigenvalue weighted by Gasteiger charge is -2.34. The quantitative estimate of drug-likeness (QED) is 0.221. The van der Waals surface area contributed by atoms with Crippen molar-refractivity contribution >= 4 is 33.3 Å². The minimum absolute atomic E-state index is 0.439. The van der Waals surface area contributed by atoms with Crippen LogP contribution in [0.25, 0.3) is 44.2 Å². The van der Waals surface area contributed by atoms with Gasteiger partial charge in [0.05, 0.1) is 11.1 Å². The highest BCUT2D eigenvalue weighted by Gasteiger charge is 2.45. The summed E-state index contributed by atoms with van der Waals surface area (Å²) in [5, 5.41) is 5.96. The number of nitrogens with one attached hydrogen (secondary N) is 1. The van der Waals surface area contributed by atoms with E-state index in [2.05, 4.69) is 169 Å². The van der Waals surface area contributed by atoms with Crippen molar-refractivity contribution in [2.45, 2.75) is 5.41 Å². The highest BCUT2D eigenvalue weighted by Crippen LogP contribution is 2.56. The van der Waals surface area contributed by atoms with Crippen LogP contribution >= 0.6 is 0 Å². The van der Waals surface area contributed by atoms with Crippen LogP contribution in [0.15, 0.2) is 174 Å². The third kappa shape index (κ3) is 3.89. The molecule has 1 aromatic heterocycles. The number of para-hydroxylation sites is 1. The number of anilines is 2. The summed E-state index contributed by atoms with van der Waals surface area (Å²) < 4.78 is 6.50. The van der Waals surface area contributed by atoms with Crippen LogP contribution in [0.3, 0.4) is 0 Å². The maximum absolute atomic E-state index is 6.50. The lowest BCUT2D eigenvalue weighted by molar-refractivity contribution is 0.670. The molecular weight excluding hydrogens is 546 g/mol. The first-order valence-corrected chi connectivity index (χ1v) is 15.4. The highest BCUT2D eigenvalue weighted by atomic mass is 16.3. The van der Waals surface area contributed by atoms with Gasteiger partial charge < -0.3 is 9.73 Å². The molecule has 0 atom stereocenters. The minimum Gasteiger partial charge on any atom is -0.454 e. The van der Waals surface area contributed by atoms with E-state index in [1.807, 2.05) is 6.07 Å². The molecule has 0 saturated heterocycles. The van der Waals surface area contributed by atoms with Gasteiger partial charge in [-0.15, -0.1) is 0 Å². The lowest BCUT2D eigenvalue weighted by atomic mass is 9.67. The SMILES string of the molecule is c1ccc(-c2ccc3oc4c(Nc5cccc(C6(c7ccccc7)c7ccccc7-c7ccccc76)c5)cccc4c3c2)cc1. The van der Waals surface area contributed by atoms with Gasteiger partial charge in [0.25, 0.3) is 0 Å². The molecule has 0 amide bonds. The van der Waals surface area contributed by atoms with Crippen LogP contribution < -0.4 is 5.32 Å². The maximum Gasteiger partial charge on any atom is 0.158 e. The molecule has 1 aliphatic carbocycles. The Morgan fingerprint density at radius 2 is 1.09 bits per heavy atom. The van der Waals surface area contributed by atoms with E-state index in [0.29, 0.717) is 0 Å². The van der Waals surface area contributed by atoms with Crippen LogP contribution in [0, 0.1) is 0 Å². The fraction of sp³-hybridized carbons (Fsp3) is 0.0233. The standard InChI is InChI=1S/C43H29NO/c1-3-13-29(14-4-1)30-25-26-41-37(27-30)36-21-12-24-40(42(36)45-41)44-33-18-11-17-32(28-33)43(31-15-5-2-6-16-31)38-22-9-7-19-34(38)35-20-8-10-23-39(35)43/h1-28,44H. The van der Waals surface area contributed by atoms with Crippen molar-refractivity contribution in [2.24, 2.45) is 0 Å². The van der Waals surface area contributed by atoms with Gasteiger partial charge in [0.15, 0.2) is 5.58 Å². The van der Waals surface area contributed by atoms with E-state index in [-0.39, 0.29) is 0 Å². The average Bonchev–Trinajstić information content (AvgIpc) is 3.64. The molecule has 2 heteroatoms. The first kappa shape index (κ1) is 25.6. The highest BCUT2D eigenvalue weighted by molar-refractivity contribution is 6.10. The first-order chi connectivity index (χ1) is 22.3.